The number of hydrogen-bond acceptors (Lipinski definition) is 8. The zero-order valence-electron chi connectivity index (χ0n) is 25.6. The van der Waals surface area contributed by atoms with Gasteiger partial charge in [0, 0.05) is 66.5 Å². The number of carbonyl (C=O) groups excluding carboxylic acids is 1. The fourth-order valence-corrected chi connectivity index (χ4v) is 6.34. The Labute approximate surface area is 277 Å². The molecule has 2 aromatic carbocycles. The summed E-state index contributed by atoms with van der Waals surface area (Å²) in [5.41, 5.74) is 6.94. The Morgan fingerprint density at radius 3 is 2.37 bits per heavy atom. The predicted molar refractivity (Wildman–Crippen MR) is 180 cm³/mol. The van der Waals surface area contributed by atoms with Crippen LogP contribution in [0.1, 0.15) is 24.1 Å². The zero-order valence-corrected chi connectivity index (χ0v) is 27.1. The van der Waals surface area contributed by atoms with Gasteiger partial charge >= 0.3 is 0 Å². The third-order valence-corrected chi connectivity index (χ3v) is 8.86. The largest absolute Gasteiger partial charge is 0.481 e. The second-order valence-electron chi connectivity index (χ2n) is 11.3. The number of aliphatic hydroxyl groups excluding tert-OH is 1. The van der Waals surface area contributed by atoms with Crippen LogP contribution in [0.2, 0.25) is 10.0 Å². The molecule has 1 amide bonds. The van der Waals surface area contributed by atoms with Crippen molar-refractivity contribution in [1.29, 1.82) is 0 Å². The Morgan fingerprint density at radius 1 is 1.00 bits per heavy atom. The van der Waals surface area contributed by atoms with Crippen molar-refractivity contribution >= 4 is 34.8 Å². The maximum Gasteiger partial charge on any atom is 0.220 e. The van der Waals surface area contributed by atoms with Crippen LogP contribution in [0.25, 0.3) is 39.3 Å². The normalized spacial score (nSPS) is 14.7. The lowest BCUT2D eigenvalue weighted by molar-refractivity contribution is -0.119. The number of pyridine rings is 1. The minimum Gasteiger partial charge on any atom is -0.481 e. The standard InChI is InChI=1S/C34H35Cl2N7O3/c1-42(15-16-44)19-23-20-43-30(38-23)13-12-29(41-43)27-8-4-6-25(33(27)36)24-5-3-7-26(32(24)35)28-11-9-21(34(40-28)46-2)17-37-18-22-10-14-31(45)39-22/h3-9,11-13,20,22,37,44H,10,14-19H2,1-2H3,(H,39,45)/t22-/m0/s1. The molecule has 1 saturated heterocycles. The number of hydrogen-bond donors (Lipinski definition) is 3. The molecule has 3 aromatic heterocycles. The van der Waals surface area contributed by atoms with Crippen molar-refractivity contribution in [3.05, 3.63) is 88.2 Å². The molecule has 3 N–H and O–H groups in total. The van der Waals surface area contributed by atoms with Crippen molar-refractivity contribution in [2.24, 2.45) is 0 Å². The van der Waals surface area contributed by atoms with Gasteiger partial charge in [0.25, 0.3) is 0 Å². The number of aromatic nitrogens is 4. The van der Waals surface area contributed by atoms with E-state index >= 15 is 0 Å². The number of nitrogens with one attached hydrogen (secondary N) is 2. The van der Waals surface area contributed by atoms with Crippen molar-refractivity contribution in [2.45, 2.75) is 32.0 Å². The average Bonchev–Trinajstić information content (AvgIpc) is 3.66. The van der Waals surface area contributed by atoms with E-state index in [2.05, 4.69) is 15.6 Å². The molecule has 10 nitrogen and oxygen atoms in total. The summed E-state index contributed by atoms with van der Waals surface area (Å²) in [7, 11) is 3.54. The van der Waals surface area contributed by atoms with Crippen molar-refractivity contribution in [1.82, 2.24) is 35.1 Å². The van der Waals surface area contributed by atoms with E-state index in [0.29, 0.717) is 59.9 Å². The molecule has 1 fully saturated rings. The summed E-state index contributed by atoms with van der Waals surface area (Å²) in [5, 5.41) is 21.4. The smallest absolute Gasteiger partial charge is 0.220 e. The molecule has 1 atom stereocenters. The van der Waals surface area contributed by atoms with E-state index in [1.165, 1.54) is 0 Å². The van der Waals surface area contributed by atoms with Gasteiger partial charge in [0.2, 0.25) is 11.8 Å². The molecular weight excluding hydrogens is 625 g/mol. The van der Waals surface area contributed by atoms with Crippen LogP contribution in [-0.2, 0) is 17.9 Å². The Bertz CT molecular complexity index is 1880. The number of methoxy groups -OCH3 is 1. The number of likely N-dealkylation sites (N-methyl/N-ethyl adjacent to an activating group) is 1. The van der Waals surface area contributed by atoms with Crippen molar-refractivity contribution in [3.8, 4) is 39.5 Å². The SMILES string of the molecule is COc1nc(-c2cccc(-c3cccc(-c4ccc5nc(CN(C)CCO)cn5n4)c3Cl)c2Cl)ccc1CNC[C@@H]1CCC(=O)N1. The molecule has 4 heterocycles. The summed E-state index contributed by atoms with van der Waals surface area (Å²) in [6.07, 6.45) is 3.30. The molecule has 0 saturated carbocycles. The van der Waals surface area contributed by atoms with Crippen LogP contribution in [0.5, 0.6) is 5.88 Å². The molecule has 12 heteroatoms. The lowest BCUT2D eigenvalue weighted by Crippen LogP contribution is -2.35. The van der Waals surface area contributed by atoms with E-state index in [1.807, 2.05) is 78.8 Å². The highest BCUT2D eigenvalue weighted by Crippen LogP contribution is 2.42. The quantitative estimate of drug-likeness (QED) is 0.167. The van der Waals surface area contributed by atoms with E-state index in [0.717, 1.165) is 45.6 Å². The summed E-state index contributed by atoms with van der Waals surface area (Å²) in [6, 6.07) is 19.5. The number of ether oxygens (including phenoxy) is 1. The van der Waals surface area contributed by atoms with Gasteiger partial charge in [-0.1, -0.05) is 65.7 Å². The van der Waals surface area contributed by atoms with Gasteiger partial charge in [-0.15, -0.1) is 0 Å². The Hall–Kier alpha value is -4.06. The van der Waals surface area contributed by atoms with Gasteiger partial charge in [0.1, 0.15) is 0 Å². The highest BCUT2D eigenvalue weighted by molar-refractivity contribution is 6.39. The third kappa shape index (κ3) is 6.86. The molecule has 0 unspecified atom stereocenters. The van der Waals surface area contributed by atoms with E-state index in [1.54, 1.807) is 11.6 Å². The number of rotatable bonds is 12. The Kier molecular flexibility index (Phi) is 9.81. The molecule has 5 aromatic rings. The van der Waals surface area contributed by atoms with Crippen molar-refractivity contribution in [2.75, 3.05) is 33.9 Å². The molecule has 0 aliphatic carbocycles. The fourth-order valence-electron chi connectivity index (χ4n) is 5.69. The second kappa shape index (κ2) is 14.1. The number of benzene rings is 2. The van der Waals surface area contributed by atoms with E-state index in [9.17, 15) is 9.90 Å². The zero-order chi connectivity index (χ0) is 32.2. The molecule has 0 radical (unpaired) electrons. The van der Waals surface area contributed by atoms with Crippen LogP contribution in [0.3, 0.4) is 0 Å². The first kappa shape index (κ1) is 31.9. The molecule has 46 heavy (non-hydrogen) atoms. The lowest BCUT2D eigenvalue weighted by atomic mass is 9.98. The van der Waals surface area contributed by atoms with Gasteiger partial charge in [0.05, 0.1) is 47.0 Å². The molecule has 238 valence electrons. The van der Waals surface area contributed by atoms with E-state index in [4.69, 9.17) is 38.0 Å². The summed E-state index contributed by atoms with van der Waals surface area (Å²) < 4.78 is 7.39. The number of amides is 1. The van der Waals surface area contributed by atoms with Crippen LogP contribution in [0.15, 0.2) is 66.9 Å². The van der Waals surface area contributed by atoms with Crippen LogP contribution in [0.4, 0.5) is 0 Å². The van der Waals surface area contributed by atoms with Crippen LogP contribution < -0.4 is 15.4 Å². The average molecular weight is 661 g/mol. The summed E-state index contributed by atoms with van der Waals surface area (Å²) in [5.74, 6) is 0.606. The van der Waals surface area contributed by atoms with E-state index < -0.39 is 0 Å². The van der Waals surface area contributed by atoms with Gasteiger partial charge in [-0.25, -0.2) is 14.5 Å². The Balaban J connectivity index is 1.25. The molecule has 0 spiro atoms. The topological polar surface area (TPSA) is 117 Å². The van der Waals surface area contributed by atoms with Gasteiger partial charge < -0.3 is 20.5 Å². The minimum absolute atomic E-state index is 0.0901. The summed E-state index contributed by atoms with van der Waals surface area (Å²) >= 11 is 14.1. The molecule has 6 rings (SSSR count). The summed E-state index contributed by atoms with van der Waals surface area (Å²) in [6.45, 7) is 2.49. The lowest BCUT2D eigenvalue weighted by Gasteiger charge is -2.15. The summed E-state index contributed by atoms with van der Waals surface area (Å²) in [4.78, 5) is 22.9. The number of imidazole rings is 1. The Morgan fingerprint density at radius 2 is 1.70 bits per heavy atom. The van der Waals surface area contributed by atoms with Crippen LogP contribution >= 0.6 is 23.2 Å². The predicted octanol–water partition coefficient (Wildman–Crippen LogP) is 5.23. The maximum absolute atomic E-state index is 11.5. The maximum atomic E-state index is 11.5. The van der Waals surface area contributed by atoms with Crippen LogP contribution in [-0.4, -0.2) is 75.4 Å². The number of nitrogens with zero attached hydrogens (tertiary/aromatic N) is 5. The first-order valence-electron chi connectivity index (χ1n) is 15.1. The molecular formula is C34H35Cl2N7O3. The fraction of sp³-hybridized carbons (Fsp3) is 0.294. The first-order valence-corrected chi connectivity index (χ1v) is 15.9. The molecule has 1 aliphatic rings. The third-order valence-electron chi connectivity index (χ3n) is 8.05. The second-order valence-corrected chi connectivity index (χ2v) is 12.1. The van der Waals surface area contributed by atoms with E-state index in [-0.39, 0.29) is 18.6 Å². The highest BCUT2D eigenvalue weighted by atomic mass is 35.5. The highest BCUT2D eigenvalue weighted by Gasteiger charge is 2.21. The van der Waals surface area contributed by atoms with Crippen molar-refractivity contribution < 1.29 is 14.6 Å². The number of carbonyl (C=O) groups is 1. The first-order chi connectivity index (χ1) is 22.3. The minimum atomic E-state index is 0.0901. The van der Waals surface area contributed by atoms with Crippen molar-refractivity contribution in [3.63, 3.8) is 0 Å². The molecule has 0 bridgehead atoms. The van der Waals surface area contributed by atoms with Gasteiger partial charge in [-0.3, -0.25) is 9.69 Å². The van der Waals surface area contributed by atoms with Crippen LogP contribution in [0, 0.1) is 0 Å². The van der Waals surface area contributed by atoms with Gasteiger partial charge in [-0.2, -0.15) is 5.10 Å². The number of halogens is 2. The molecule has 1 aliphatic heterocycles. The number of fused-ring (bicyclic) bond motifs is 1. The number of aliphatic hydroxyl groups is 1. The van der Waals surface area contributed by atoms with Gasteiger partial charge in [-0.05, 0) is 31.7 Å². The monoisotopic (exact) mass is 659 g/mol. The van der Waals surface area contributed by atoms with Gasteiger partial charge in [0.15, 0.2) is 5.65 Å².